The van der Waals surface area contributed by atoms with Crippen molar-refractivity contribution in [1.82, 2.24) is 14.8 Å². The lowest BCUT2D eigenvalue weighted by atomic mass is 9.97. The van der Waals surface area contributed by atoms with Gasteiger partial charge in [-0.2, -0.15) is 0 Å². The summed E-state index contributed by atoms with van der Waals surface area (Å²) in [7, 11) is 3.25. The van der Waals surface area contributed by atoms with Gasteiger partial charge < -0.3 is 24.3 Å². The zero-order chi connectivity index (χ0) is 23.6. The first-order chi connectivity index (χ1) is 15.0. The molecule has 1 atom stereocenters. The molecule has 2 aromatic rings. The second-order valence-electron chi connectivity index (χ2n) is 9.46. The number of nitrogens with zero attached hydrogens (tertiary/aromatic N) is 2. The van der Waals surface area contributed by atoms with Gasteiger partial charge in [-0.25, -0.2) is 4.79 Å². The van der Waals surface area contributed by atoms with Crippen molar-refractivity contribution in [3.8, 4) is 5.75 Å². The van der Waals surface area contributed by atoms with Gasteiger partial charge in [0.15, 0.2) is 5.43 Å². The van der Waals surface area contributed by atoms with Crippen molar-refractivity contribution in [1.29, 1.82) is 0 Å². The number of piperidine rings is 1. The Kier molecular flexibility index (Phi) is 6.81. The Hall–Kier alpha value is -3.03. The van der Waals surface area contributed by atoms with E-state index in [1.165, 1.54) is 7.11 Å². The highest BCUT2D eigenvalue weighted by molar-refractivity contribution is 5.97. The van der Waals surface area contributed by atoms with Crippen molar-refractivity contribution in [2.75, 3.05) is 33.8 Å². The standard InChI is InChI=1S/C24H33N3O5/c1-15-19(25-20-17(21(15)28)10-7-11-18(20)31-6)22(29)27-12-8-9-16(14-27)13-26(5)23(30)32-24(2,3)4/h7,10-11,16H,8-9,12-14H2,1-6H3,(H,25,28). The number of ether oxygens (including phenoxy) is 2. The number of fused-ring (bicyclic) bond motifs is 1. The first kappa shape index (κ1) is 23.6. The molecule has 8 nitrogen and oxygen atoms in total. The molecule has 3 rings (SSSR count). The summed E-state index contributed by atoms with van der Waals surface area (Å²) in [5.74, 6) is 0.438. The lowest BCUT2D eigenvalue weighted by Crippen LogP contribution is -2.45. The second-order valence-corrected chi connectivity index (χ2v) is 9.46. The summed E-state index contributed by atoms with van der Waals surface area (Å²) in [6.07, 6.45) is 1.37. The van der Waals surface area contributed by atoms with Gasteiger partial charge in [-0.15, -0.1) is 0 Å². The number of methoxy groups -OCH3 is 1. The van der Waals surface area contributed by atoms with E-state index in [0.717, 1.165) is 12.8 Å². The van der Waals surface area contributed by atoms with Gasteiger partial charge in [-0.05, 0) is 58.6 Å². The van der Waals surface area contributed by atoms with Crippen molar-refractivity contribution < 1.29 is 19.1 Å². The molecule has 1 saturated heterocycles. The minimum Gasteiger partial charge on any atom is -0.495 e. The Morgan fingerprint density at radius 1 is 1.28 bits per heavy atom. The molecule has 0 bridgehead atoms. The summed E-state index contributed by atoms with van der Waals surface area (Å²) in [6.45, 7) is 8.79. The van der Waals surface area contributed by atoms with Crippen LogP contribution in [0.3, 0.4) is 0 Å². The van der Waals surface area contributed by atoms with Crippen LogP contribution in [-0.2, 0) is 4.74 Å². The van der Waals surface area contributed by atoms with Crippen LogP contribution in [0.4, 0.5) is 4.79 Å². The summed E-state index contributed by atoms with van der Waals surface area (Å²) in [4.78, 5) is 45.1. The molecule has 1 aromatic heterocycles. The molecule has 8 heteroatoms. The molecule has 0 spiro atoms. The molecule has 0 radical (unpaired) electrons. The van der Waals surface area contributed by atoms with E-state index in [2.05, 4.69) is 4.98 Å². The van der Waals surface area contributed by atoms with Crippen LogP contribution in [0.1, 0.15) is 49.7 Å². The van der Waals surface area contributed by atoms with Gasteiger partial charge in [0.1, 0.15) is 17.0 Å². The molecule has 174 valence electrons. The Morgan fingerprint density at radius 3 is 2.66 bits per heavy atom. The zero-order valence-corrected chi connectivity index (χ0v) is 19.8. The van der Waals surface area contributed by atoms with Crippen LogP contribution in [0.25, 0.3) is 10.9 Å². The molecular weight excluding hydrogens is 410 g/mol. The number of hydrogen-bond donors (Lipinski definition) is 1. The summed E-state index contributed by atoms with van der Waals surface area (Å²) in [5, 5.41) is 0.494. The Balaban J connectivity index is 1.79. The van der Waals surface area contributed by atoms with E-state index in [-0.39, 0.29) is 29.0 Å². The molecule has 1 aromatic carbocycles. The molecule has 1 aliphatic rings. The summed E-state index contributed by atoms with van der Waals surface area (Å²) < 4.78 is 10.8. The van der Waals surface area contributed by atoms with Gasteiger partial charge in [-0.3, -0.25) is 9.59 Å². The topological polar surface area (TPSA) is 91.9 Å². The van der Waals surface area contributed by atoms with Crippen LogP contribution in [0.2, 0.25) is 0 Å². The van der Waals surface area contributed by atoms with Crippen LogP contribution in [0.15, 0.2) is 23.0 Å². The van der Waals surface area contributed by atoms with Gasteiger partial charge in [0.25, 0.3) is 5.91 Å². The minimum absolute atomic E-state index is 0.132. The molecule has 2 amide bonds. The number of carbonyl (C=O) groups excluding carboxylic acids is 2. The monoisotopic (exact) mass is 443 g/mol. The maximum atomic E-state index is 13.4. The maximum absolute atomic E-state index is 13.4. The second kappa shape index (κ2) is 9.22. The first-order valence-corrected chi connectivity index (χ1v) is 10.9. The van der Waals surface area contributed by atoms with Gasteiger partial charge in [-0.1, -0.05) is 6.07 Å². The Labute approximate surface area is 188 Å². The number of carbonyl (C=O) groups is 2. The van der Waals surface area contributed by atoms with Crippen LogP contribution in [-0.4, -0.2) is 66.2 Å². The highest BCUT2D eigenvalue weighted by Crippen LogP contribution is 2.25. The van der Waals surface area contributed by atoms with E-state index >= 15 is 0 Å². The number of benzene rings is 1. The fraction of sp³-hybridized carbons (Fsp3) is 0.542. The maximum Gasteiger partial charge on any atom is 0.410 e. The molecule has 32 heavy (non-hydrogen) atoms. The van der Waals surface area contributed by atoms with Crippen LogP contribution < -0.4 is 10.2 Å². The van der Waals surface area contributed by atoms with E-state index in [4.69, 9.17) is 9.47 Å². The first-order valence-electron chi connectivity index (χ1n) is 10.9. The molecule has 0 saturated carbocycles. The van der Waals surface area contributed by atoms with Gasteiger partial charge >= 0.3 is 6.09 Å². The quantitative estimate of drug-likeness (QED) is 0.780. The number of aromatic amines is 1. The zero-order valence-electron chi connectivity index (χ0n) is 19.8. The van der Waals surface area contributed by atoms with Gasteiger partial charge in [0, 0.05) is 37.6 Å². The number of rotatable bonds is 4. The Bertz CT molecular complexity index is 1070. The highest BCUT2D eigenvalue weighted by atomic mass is 16.6. The smallest absolute Gasteiger partial charge is 0.410 e. The lowest BCUT2D eigenvalue weighted by molar-refractivity contribution is 0.0244. The van der Waals surface area contributed by atoms with Crippen molar-refractivity contribution in [3.05, 3.63) is 39.7 Å². The number of hydrogen-bond acceptors (Lipinski definition) is 5. The molecule has 0 aliphatic carbocycles. The summed E-state index contributed by atoms with van der Waals surface area (Å²) in [6, 6.07) is 5.24. The molecule has 1 N–H and O–H groups in total. The van der Waals surface area contributed by atoms with Crippen molar-refractivity contribution >= 4 is 22.9 Å². The third-order valence-corrected chi connectivity index (χ3v) is 5.71. The highest BCUT2D eigenvalue weighted by Gasteiger charge is 2.29. The van der Waals surface area contributed by atoms with Gasteiger partial charge in [0.2, 0.25) is 0 Å². The van der Waals surface area contributed by atoms with E-state index in [1.54, 1.807) is 42.0 Å². The average molecular weight is 444 g/mol. The molecule has 1 fully saturated rings. The minimum atomic E-state index is -0.555. The van der Waals surface area contributed by atoms with Crippen LogP contribution in [0.5, 0.6) is 5.75 Å². The lowest BCUT2D eigenvalue weighted by Gasteiger charge is -2.35. The number of nitrogens with one attached hydrogen (secondary N) is 1. The van der Waals surface area contributed by atoms with Gasteiger partial charge in [0.05, 0.1) is 12.6 Å². The van der Waals surface area contributed by atoms with Crippen LogP contribution >= 0.6 is 0 Å². The third kappa shape index (κ3) is 5.06. The predicted molar refractivity (Wildman–Crippen MR) is 123 cm³/mol. The van der Waals surface area contributed by atoms with Crippen molar-refractivity contribution in [2.24, 2.45) is 5.92 Å². The largest absolute Gasteiger partial charge is 0.495 e. The normalized spacial score (nSPS) is 16.7. The van der Waals surface area contributed by atoms with E-state index in [1.807, 2.05) is 20.8 Å². The van der Waals surface area contributed by atoms with Crippen molar-refractivity contribution in [3.63, 3.8) is 0 Å². The van der Waals surface area contributed by atoms with Crippen molar-refractivity contribution in [2.45, 2.75) is 46.1 Å². The van der Waals surface area contributed by atoms with Crippen LogP contribution in [0, 0.1) is 12.8 Å². The van der Waals surface area contributed by atoms with E-state index in [9.17, 15) is 14.4 Å². The number of para-hydroxylation sites is 1. The summed E-state index contributed by atoms with van der Waals surface area (Å²) >= 11 is 0. The Morgan fingerprint density at radius 2 is 2.00 bits per heavy atom. The molecule has 1 unspecified atom stereocenters. The third-order valence-electron chi connectivity index (χ3n) is 5.71. The number of likely N-dealkylation sites (tertiary alicyclic amines) is 1. The number of pyridine rings is 1. The predicted octanol–water partition coefficient (Wildman–Crippen LogP) is 3.56. The number of amides is 2. The average Bonchev–Trinajstić information content (AvgIpc) is 2.74. The fourth-order valence-corrected chi connectivity index (χ4v) is 4.13. The number of aromatic nitrogens is 1. The molecule has 2 heterocycles. The molecular formula is C24H33N3O5. The summed E-state index contributed by atoms with van der Waals surface area (Å²) in [5.41, 5.74) is 0.462. The van der Waals surface area contributed by atoms with E-state index in [0.29, 0.717) is 41.9 Å². The SMILES string of the molecule is COc1cccc2c(=O)c(C)c(C(=O)N3CCCC(CN(C)C(=O)OC(C)(C)C)C3)[nH]c12. The fourth-order valence-electron chi connectivity index (χ4n) is 4.13. The number of H-pyrrole nitrogens is 1. The molecule has 1 aliphatic heterocycles. The van der Waals surface area contributed by atoms with E-state index < -0.39 is 5.60 Å².